The molecule has 0 aliphatic carbocycles. The molecule has 1 atom stereocenters. The standard InChI is InChI=1S/C36H35ClN4O6S3/c1-23-8-12-27(13-9-23)39(24(2)36(43)44)18-16-32(42)38-22-41-29-20-26(37)11-15-30(29)48-34(41)21-33-40(17-5-19-50(45,46)47)35-28-7-4-3-6-25(28)10-14-31(35)49-33/h3-4,6-15,20-21,24H,5,16-19,22H2,1-2H3,(H2-,38,42,43,44,45,46,47)/p+1. The van der Waals surface area contributed by atoms with Crippen molar-refractivity contribution in [1.82, 2.24) is 5.32 Å². The summed E-state index contributed by atoms with van der Waals surface area (Å²) in [5.41, 5.74) is 3.59. The summed E-state index contributed by atoms with van der Waals surface area (Å²) < 4.78 is 35.8. The van der Waals surface area contributed by atoms with Gasteiger partial charge in [0.2, 0.25) is 11.4 Å². The first-order valence-corrected chi connectivity index (χ1v) is 19.6. The highest BCUT2D eigenvalue weighted by Gasteiger charge is 2.30. The Bertz CT molecular complexity index is 2220. The largest absolute Gasteiger partial charge is 0.480 e. The number of nitrogens with zero attached hydrogens (tertiary/aromatic N) is 3. The van der Waals surface area contributed by atoms with Crippen molar-refractivity contribution in [3.05, 3.63) is 99.5 Å². The fraction of sp³-hybridized carbons (Fsp3) is 0.250. The van der Waals surface area contributed by atoms with Gasteiger partial charge in [0.1, 0.15) is 10.7 Å². The zero-order valence-electron chi connectivity index (χ0n) is 27.4. The Balaban J connectivity index is 1.29. The highest BCUT2D eigenvalue weighted by Crippen LogP contribution is 2.47. The van der Waals surface area contributed by atoms with Gasteiger partial charge in [0.25, 0.3) is 15.1 Å². The molecule has 10 nitrogen and oxygen atoms in total. The molecule has 0 radical (unpaired) electrons. The summed E-state index contributed by atoms with van der Waals surface area (Å²) >= 11 is 9.54. The first kappa shape index (κ1) is 35.7. The summed E-state index contributed by atoms with van der Waals surface area (Å²) in [4.78, 5) is 29.8. The van der Waals surface area contributed by atoms with Gasteiger partial charge in [-0.25, -0.2) is 4.79 Å². The highest BCUT2D eigenvalue weighted by atomic mass is 35.5. The summed E-state index contributed by atoms with van der Waals surface area (Å²) in [6.45, 7) is 4.27. The molecule has 1 amide bonds. The zero-order chi connectivity index (χ0) is 35.6. The third-order valence-corrected chi connectivity index (χ3v) is 11.8. The van der Waals surface area contributed by atoms with Gasteiger partial charge in [-0.15, -0.1) is 0 Å². The highest BCUT2D eigenvalue weighted by molar-refractivity contribution is 8.03. The number of thiazole rings is 1. The zero-order valence-corrected chi connectivity index (χ0v) is 30.6. The van der Waals surface area contributed by atoms with Crippen molar-refractivity contribution in [1.29, 1.82) is 0 Å². The SMILES string of the molecule is Cc1ccc(N(CCC(=O)NCN2C(=Cc3sc4ccc5ccccc5c4[n+]3CCCS(=O)(=O)O)Sc3ccc(Cl)cc32)C(C)C(=O)O)cc1. The molecule has 50 heavy (non-hydrogen) atoms. The quantitative estimate of drug-likeness (QED) is 0.0866. The molecule has 260 valence electrons. The monoisotopic (exact) mass is 751 g/mol. The molecular weight excluding hydrogens is 716 g/mol. The number of aromatic nitrogens is 1. The number of halogens is 1. The van der Waals surface area contributed by atoms with E-state index in [2.05, 4.69) is 22.0 Å². The number of carboxylic acid groups (broad SMARTS) is 1. The normalized spacial score (nSPS) is 14.3. The minimum Gasteiger partial charge on any atom is -0.480 e. The van der Waals surface area contributed by atoms with E-state index in [1.165, 1.54) is 11.8 Å². The van der Waals surface area contributed by atoms with Crippen molar-refractivity contribution in [2.45, 2.75) is 44.2 Å². The summed E-state index contributed by atoms with van der Waals surface area (Å²) in [5, 5.41) is 17.1. The molecule has 0 saturated carbocycles. The Morgan fingerprint density at radius 1 is 1.08 bits per heavy atom. The van der Waals surface area contributed by atoms with Crippen LogP contribution in [-0.2, 0) is 26.3 Å². The van der Waals surface area contributed by atoms with Crippen LogP contribution < -0.4 is 19.7 Å². The van der Waals surface area contributed by atoms with Gasteiger partial charge in [-0.05, 0) is 61.7 Å². The Morgan fingerprint density at radius 3 is 2.58 bits per heavy atom. The van der Waals surface area contributed by atoms with Crippen LogP contribution in [0, 0.1) is 6.92 Å². The third-order valence-electron chi connectivity index (χ3n) is 8.54. The molecule has 0 spiro atoms. The summed E-state index contributed by atoms with van der Waals surface area (Å²) in [5.74, 6) is -1.58. The smallest absolute Gasteiger partial charge is 0.326 e. The van der Waals surface area contributed by atoms with Crippen molar-refractivity contribution < 1.29 is 32.2 Å². The maximum Gasteiger partial charge on any atom is 0.326 e. The van der Waals surface area contributed by atoms with Gasteiger partial charge < -0.3 is 20.2 Å². The van der Waals surface area contributed by atoms with E-state index in [-0.39, 0.29) is 37.7 Å². The van der Waals surface area contributed by atoms with Crippen molar-refractivity contribution in [3.63, 3.8) is 0 Å². The molecule has 0 fully saturated rings. The topological polar surface area (TPSA) is 131 Å². The van der Waals surface area contributed by atoms with Crippen LogP contribution in [0.1, 0.15) is 30.3 Å². The van der Waals surface area contributed by atoms with Gasteiger partial charge >= 0.3 is 5.97 Å². The number of carbonyl (C=O) groups excluding carboxylic acids is 1. The van der Waals surface area contributed by atoms with Crippen LogP contribution in [0.3, 0.4) is 0 Å². The Morgan fingerprint density at radius 2 is 1.84 bits per heavy atom. The molecule has 1 aliphatic heterocycles. The minimum atomic E-state index is -4.13. The molecule has 1 aliphatic rings. The molecule has 4 aromatic carbocycles. The average Bonchev–Trinajstić information content (AvgIpc) is 3.60. The number of hydrogen-bond acceptors (Lipinski definition) is 8. The molecule has 2 heterocycles. The van der Waals surface area contributed by atoms with E-state index in [0.29, 0.717) is 11.6 Å². The van der Waals surface area contributed by atoms with E-state index >= 15 is 0 Å². The molecule has 0 bridgehead atoms. The van der Waals surface area contributed by atoms with Gasteiger partial charge in [0, 0.05) is 35.0 Å². The number of carbonyl (C=O) groups is 2. The van der Waals surface area contributed by atoms with Gasteiger partial charge in [-0.1, -0.05) is 76.7 Å². The number of rotatable bonds is 13. The van der Waals surface area contributed by atoms with E-state index in [9.17, 15) is 27.7 Å². The molecule has 6 rings (SSSR count). The molecule has 5 aromatic rings. The lowest BCUT2D eigenvalue weighted by Gasteiger charge is -2.29. The number of carboxylic acids is 1. The van der Waals surface area contributed by atoms with Crippen LogP contribution >= 0.6 is 34.7 Å². The van der Waals surface area contributed by atoms with Gasteiger partial charge in [0.05, 0.1) is 34.6 Å². The van der Waals surface area contributed by atoms with E-state index in [1.54, 1.807) is 23.2 Å². The maximum atomic E-state index is 13.3. The van der Waals surface area contributed by atoms with Crippen molar-refractivity contribution in [2.24, 2.45) is 0 Å². The van der Waals surface area contributed by atoms with E-state index in [4.69, 9.17) is 11.6 Å². The Hall–Kier alpha value is -4.14. The van der Waals surface area contributed by atoms with Crippen LogP contribution in [0.25, 0.3) is 27.1 Å². The number of amides is 1. The second-order valence-electron chi connectivity index (χ2n) is 12.0. The van der Waals surface area contributed by atoms with Crippen LogP contribution in [0.5, 0.6) is 0 Å². The molecular formula is C36H36ClN4O6S3+. The summed E-state index contributed by atoms with van der Waals surface area (Å²) in [6, 6.07) is 24.5. The van der Waals surface area contributed by atoms with E-state index in [1.807, 2.05) is 84.6 Å². The fourth-order valence-corrected chi connectivity index (χ4v) is 8.91. The third kappa shape index (κ3) is 8.08. The molecule has 14 heteroatoms. The lowest BCUT2D eigenvalue weighted by Crippen LogP contribution is -2.42. The minimum absolute atomic E-state index is 0.0745. The van der Waals surface area contributed by atoms with Crippen LogP contribution in [0.2, 0.25) is 5.02 Å². The lowest BCUT2D eigenvalue weighted by atomic mass is 10.1. The summed E-state index contributed by atoms with van der Waals surface area (Å²) in [7, 11) is -4.13. The first-order valence-electron chi connectivity index (χ1n) is 16.0. The predicted molar refractivity (Wildman–Crippen MR) is 202 cm³/mol. The number of anilines is 2. The van der Waals surface area contributed by atoms with Gasteiger partial charge in [-0.2, -0.15) is 13.0 Å². The number of benzene rings is 4. The van der Waals surface area contributed by atoms with E-state index < -0.39 is 22.1 Å². The van der Waals surface area contributed by atoms with Crippen molar-refractivity contribution in [2.75, 3.05) is 28.8 Å². The number of aliphatic carboxylic acids is 1. The predicted octanol–water partition coefficient (Wildman–Crippen LogP) is 6.94. The molecule has 1 aromatic heterocycles. The van der Waals surface area contributed by atoms with Gasteiger partial charge in [0.15, 0.2) is 6.54 Å². The molecule has 3 N–H and O–H groups in total. The number of nitrogens with one attached hydrogen (secondary N) is 1. The van der Waals surface area contributed by atoms with Crippen molar-refractivity contribution in [3.8, 4) is 0 Å². The van der Waals surface area contributed by atoms with Crippen LogP contribution in [-0.4, -0.2) is 55.0 Å². The molecule has 0 saturated heterocycles. The first-order chi connectivity index (χ1) is 23.9. The van der Waals surface area contributed by atoms with E-state index in [0.717, 1.165) is 52.9 Å². The Kier molecular flexibility index (Phi) is 10.7. The Labute approximate surface area is 303 Å². The van der Waals surface area contributed by atoms with Gasteiger partial charge in [-0.3, -0.25) is 9.35 Å². The fourth-order valence-electron chi connectivity index (χ4n) is 5.95. The summed E-state index contributed by atoms with van der Waals surface area (Å²) in [6.07, 6.45) is 2.33. The lowest BCUT2D eigenvalue weighted by molar-refractivity contribution is -0.667. The van der Waals surface area contributed by atoms with Crippen LogP contribution in [0.15, 0.2) is 88.8 Å². The number of fused-ring (bicyclic) bond motifs is 4. The second kappa shape index (κ2) is 15.0. The van der Waals surface area contributed by atoms with Crippen molar-refractivity contribution >= 4 is 95.1 Å². The number of hydrogen-bond donors (Lipinski definition) is 3. The second-order valence-corrected chi connectivity index (χ2v) is 16.2. The number of thioether (sulfide) groups is 1. The molecule has 1 unspecified atom stereocenters. The van der Waals surface area contributed by atoms with Crippen LogP contribution in [0.4, 0.5) is 11.4 Å². The maximum absolute atomic E-state index is 13.3. The average molecular weight is 752 g/mol. The number of aryl methyl sites for hydroxylation is 2.